The molecule has 0 atom stereocenters. The van der Waals surface area contributed by atoms with E-state index in [4.69, 9.17) is 0 Å². The second-order valence-corrected chi connectivity index (χ2v) is 6.37. The monoisotopic (exact) mass is 282 g/mol. The highest BCUT2D eigenvalue weighted by molar-refractivity contribution is 7.09. The Kier molecular flexibility index (Phi) is 6.28. The van der Waals surface area contributed by atoms with Gasteiger partial charge in [-0.1, -0.05) is 27.7 Å². The maximum atomic E-state index is 4.65. The Bertz CT molecular complexity index is 404. The van der Waals surface area contributed by atoms with E-state index in [1.165, 1.54) is 5.01 Å². The predicted molar refractivity (Wildman–Crippen MR) is 83.9 cm³/mol. The first kappa shape index (κ1) is 16.0. The molecule has 1 heterocycles. The molecule has 1 aromatic rings. The first-order valence-electron chi connectivity index (χ1n) is 6.94. The minimum atomic E-state index is 0.123. The number of rotatable bonds is 5. The number of nitrogens with zero attached hydrogens (tertiary/aromatic N) is 2. The topological polar surface area (TPSA) is 49.3 Å². The Morgan fingerprint density at radius 1 is 1.32 bits per heavy atom. The van der Waals surface area contributed by atoms with Crippen LogP contribution in [0.2, 0.25) is 0 Å². The van der Waals surface area contributed by atoms with Crippen molar-refractivity contribution in [1.29, 1.82) is 0 Å². The first-order chi connectivity index (χ1) is 8.97. The SMILES string of the molecule is CCCNC(=NCc1csc(C(C)(C)C)n1)NCC. The molecule has 0 aromatic carbocycles. The standard InChI is InChI=1S/C14H26N4S/c1-6-8-16-13(15-7-2)17-9-11-10-19-12(18-11)14(3,4)5/h10H,6-9H2,1-5H3,(H2,15,16,17). The third-order valence-electron chi connectivity index (χ3n) is 2.48. The second kappa shape index (κ2) is 7.48. The summed E-state index contributed by atoms with van der Waals surface area (Å²) in [5, 5.41) is 9.81. The van der Waals surface area contributed by atoms with E-state index in [1.807, 2.05) is 0 Å². The van der Waals surface area contributed by atoms with E-state index in [-0.39, 0.29) is 5.41 Å². The summed E-state index contributed by atoms with van der Waals surface area (Å²) < 4.78 is 0. The molecule has 0 saturated heterocycles. The summed E-state index contributed by atoms with van der Waals surface area (Å²) in [6, 6.07) is 0. The molecule has 108 valence electrons. The van der Waals surface area contributed by atoms with Gasteiger partial charge in [0, 0.05) is 23.9 Å². The molecule has 0 fully saturated rings. The van der Waals surface area contributed by atoms with E-state index in [0.29, 0.717) is 6.54 Å². The first-order valence-corrected chi connectivity index (χ1v) is 7.82. The highest BCUT2D eigenvalue weighted by atomic mass is 32.1. The Hall–Kier alpha value is -1.10. The van der Waals surface area contributed by atoms with E-state index < -0.39 is 0 Å². The van der Waals surface area contributed by atoms with E-state index in [9.17, 15) is 0 Å². The van der Waals surface area contributed by atoms with Crippen molar-refractivity contribution in [3.63, 3.8) is 0 Å². The number of aliphatic imine (C=N–C) groups is 1. The van der Waals surface area contributed by atoms with Crippen LogP contribution in [0.5, 0.6) is 0 Å². The molecule has 1 rings (SSSR count). The zero-order valence-electron chi connectivity index (χ0n) is 12.7. The Morgan fingerprint density at radius 2 is 2.05 bits per heavy atom. The molecule has 5 heteroatoms. The number of thiazole rings is 1. The van der Waals surface area contributed by atoms with Gasteiger partial charge in [-0.05, 0) is 13.3 Å². The van der Waals surface area contributed by atoms with Crippen molar-refractivity contribution in [1.82, 2.24) is 15.6 Å². The molecular weight excluding hydrogens is 256 g/mol. The minimum absolute atomic E-state index is 0.123. The van der Waals surface area contributed by atoms with Crippen molar-refractivity contribution in [3.05, 3.63) is 16.1 Å². The fraction of sp³-hybridized carbons (Fsp3) is 0.714. The maximum Gasteiger partial charge on any atom is 0.191 e. The van der Waals surface area contributed by atoms with Crippen LogP contribution in [0.1, 0.15) is 51.7 Å². The van der Waals surface area contributed by atoms with Crippen molar-refractivity contribution in [2.75, 3.05) is 13.1 Å². The number of aromatic nitrogens is 1. The molecule has 0 saturated carbocycles. The minimum Gasteiger partial charge on any atom is -0.357 e. The second-order valence-electron chi connectivity index (χ2n) is 5.52. The van der Waals surface area contributed by atoms with Crippen molar-refractivity contribution < 1.29 is 0 Å². The highest BCUT2D eigenvalue weighted by Crippen LogP contribution is 2.25. The third kappa shape index (κ3) is 5.59. The van der Waals surface area contributed by atoms with Gasteiger partial charge in [0.05, 0.1) is 17.2 Å². The number of hydrogen-bond donors (Lipinski definition) is 2. The van der Waals surface area contributed by atoms with E-state index >= 15 is 0 Å². The lowest BCUT2D eigenvalue weighted by molar-refractivity contribution is 0.583. The molecule has 0 amide bonds. The summed E-state index contributed by atoms with van der Waals surface area (Å²) in [4.78, 5) is 9.20. The lowest BCUT2D eigenvalue weighted by Crippen LogP contribution is -2.37. The molecule has 0 aliphatic carbocycles. The average Bonchev–Trinajstić information content (AvgIpc) is 2.81. The van der Waals surface area contributed by atoms with Crippen LogP contribution in [0.4, 0.5) is 0 Å². The molecule has 0 aliphatic heterocycles. The largest absolute Gasteiger partial charge is 0.357 e. The normalized spacial score (nSPS) is 12.6. The van der Waals surface area contributed by atoms with Gasteiger partial charge in [0.1, 0.15) is 0 Å². The van der Waals surface area contributed by atoms with Crippen LogP contribution < -0.4 is 10.6 Å². The van der Waals surface area contributed by atoms with Gasteiger partial charge in [-0.15, -0.1) is 11.3 Å². The Balaban J connectivity index is 2.64. The quantitative estimate of drug-likeness (QED) is 0.645. The van der Waals surface area contributed by atoms with Crippen LogP contribution in [-0.2, 0) is 12.0 Å². The third-order valence-corrected chi connectivity index (χ3v) is 3.80. The highest BCUT2D eigenvalue weighted by Gasteiger charge is 2.17. The van der Waals surface area contributed by atoms with Gasteiger partial charge in [-0.2, -0.15) is 0 Å². The zero-order chi connectivity index (χ0) is 14.3. The summed E-state index contributed by atoms with van der Waals surface area (Å²) in [6.07, 6.45) is 1.09. The van der Waals surface area contributed by atoms with Gasteiger partial charge in [-0.25, -0.2) is 9.98 Å². The molecule has 0 unspecified atom stereocenters. The summed E-state index contributed by atoms with van der Waals surface area (Å²) in [5.74, 6) is 0.870. The van der Waals surface area contributed by atoms with Crippen molar-refractivity contribution in [2.24, 2.45) is 4.99 Å². The van der Waals surface area contributed by atoms with E-state index in [2.05, 4.69) is 60.6 Å². The summed E-state index contributed by atoms with van der Waals surface area (Å²) in [7, 11) is 0. The van der Waals surface area contributed by atoms with Gasteiger partial charge in [0.2, 0.25) is 0 Å². The van der Waals surface area contributed by atoms with Gasteiger partial charge >= 0.3 is 0 Å². The van der Waals surface area contributed by atoms with Gasteiger partial charge < -0.3 is 10.6 Å². The van der Waals surface area contributed by atoms with Gasteiger partial charge in [0.25, 0.3) is 0 Å². The van der Waals surface area contributed by atoms with Crippen molar-refractivity contribution in [3.8, 4) is 0 Å². The molecule has 0 aliphatic rings. The average molecular weight is 282 g/mol. The molecule has 1 aromatic heterocycles. The molecule has 4 nitrogen and oxygen atoms in total. The number of hydrogen-bond acceptors (Lipinski definition) is 3. The van der Waals surface area contributed by atoms with E-state index in [0.717, 1.165) is 31.2 Å². The van der Waals surface area contributed by atoms with Crippen molar-refractivity contribution in [2.45, 2.75) is 53.0 Å². The van der Waals surface area contributed by atoms with Crippen LogP contribution in [0, 0.1) is 0 Å². The molecule has 0 spiro atoms. The zero-order valence-corrected chi connectivity index (χ0v) is 13.5. The van der Waals surface area contributed by atoms with E-state index in [1.54, 1.807) is 11.3 Å². The van der Waals surface area contributed by atoms with Crippen LogP contribution in [-0.4, -0.2) is 24.0 Å². The molecule has 0 bridgehead atoms. The Morgan fingerprint density at radius 3 is 2.58 bits per heavy atom. The van der Waals surface area contributed by atoms with Gasteiger partial charge in [-0.3, -0.25) is 0 Å². The lowest BCUT2D eigenvalue weighted by atomic mass is 9.98. The van der Waals surface area contributed by atoms with Crippen molar-refractivity contribution >= 4 is 17.3 Å². The smallest absolute Gasteiger partial charge is 0.191 e. The summed E-state index contributed by atoms with van der Waals surface area (Å²) in [5.41, 5.74) is 1.17. The number of nitrogens with one attached hydrogen (secondary N) is 2. The fourth-order valence-electron chi connectivity index (χ4n) is 1.47. The maximum absolute atomic E-state index is 4.65. The predicted octanol–water partition coefficient (Wildman–Crippen LogP) is 2.91. The summed E-state index contributed by atoms with van der Waals surface area (Å²) >= 11 is 1.72. The van der Waals surface area contributed by atoms with Crippen LogP contribution >= 0.6 is 11.3 Å². The molecule has 0 radical (unpaired) electrons. The van der Waals surface area contributed by atoms with Crippen LogP contribution in [0.15, 0.2) is 10.4 Å². The summed E-state index contributed by atoms with van der Waals surface area (Å²) in [6.45, 7) is 13.2. The van der Waals surface area contributed by atoms with Crippen LogP contribution in [0.3, 0.4) is 0 Å². The fourth-order valence-corrected chi connectivity index (χ4v) is 2.37. The number of guanidine groups is 1. The Labute approximate surface area is 120 Å². The molecule has 2 N–H and O–H groups in total. The lowest BCUT2D eigenvalue weighted by Gasteiger charge is -2.13. The molecule has 19 heavy (non-hydrogen) atoms. The van der Waals surface area contributed by atoms with Crippen LogP contribution in [0.25, 0.3) is 0 Å². The molecular formula is C14H26N4S. The van der Waals surface area contributed by atoms with Gasteiger partial charge in [0.15, 0.2) is 5.96 Å².